The van der Waals surface area contributed by atoms with Gasteiger partial charge in [-0.2, -0.15) is 0 Å². The number of rotatable bonds is 0. The third kappa shape index (κ3) is 1.19. The highest BCUT2D eigenvalue weighted by atomic mass is 16.6. The Hall–Kier alpha value is -1.77. The molecule has 2 aliphatic rings. The summed E-state index contributed by atoms with van der Waals surface area (Å²) in [6, 6.07) is 7.38. The number of fused-ring (bicyclic) bond motifs is 5. The third-order valence-electron chi connectivity index (χ3n) is 3.87. The van der Waals surface area contributed by atoms with Gasteiger partial charge in [0, 0.05) is 0 Å². The summed E-state index contributed by atoms with van der Waals surface area (Å²) >= 11 is 0. The monoisotopic (exact) mass is 228 g/mol. The Morgan fingerprint density at radius 3 is 3.00 bits per heavy atom. The van der Waals surface area contributed by atoms with Crippen LogP contribution < -0.4 is 10.2 Å². The summed E-state index contributed by atoms with van der Waals surface area (Å²) in [6.45, 7) is 0. The van der Waals surface area contributed by atoms with Crippen molar-refractivity contribution >= 4 is 11.0 Å². The van der Waals surface area contributed by atoms with Crippen molar-refractivity contribution < 1.29 is 9.15 Å². The van der Waals surface area contributed by atoms with Crippen LogP contribution >= 0.6 is 0 Å². The van der Waals surface area contributed by atoms with Crippen molar-refractivity contribution in [2.75, 3.05) is 0 Å². The van der Waals surface area contributed by atoms with Crippen LogP contribution in [0.4, 0.5) is 0 Å². The molecule has 1 aliphatic heterocycles. The van der Waals surface area contributed by atoms with E-state index in [-0.39, 0.29) is 11.5 Å². The van der Waals surface area contributed by atoms with Gasteiger partial charge in [0.05, 0.1) is 10.9 Å². The van der Waals surface area contributed by atoms with Gasteiger partial charge in [-0.05, 0) is 37.3 Å². The van der Waals surface area contributed by atoms with Crippen LogP contribution in [0.5, 0.6) is 5.95 Å². The quantitative estimate of drug-likeness (QED) is 0.696. The smallest absolute Gasteiger partial charge is 0.292 e. The van der Waals surface area contributed by atoms with Gasteiger partial charge in [-0.1, -0.05) is 12.1 Å². The van der Waals surface area contributed by atoms with Crippen LogP contribution in [0.15, 0.2) is 33.5 Å². The minimum atomic E-state index is 0.0900. The highest BCUT2D eigenvalue weighted by molar-refractivity contribution is 5.77. The lowest BCUT2D eigenvalue weighted by molar-refractivity contribution is 0.146. The second kappa shape index (κ2) is 3.13. The van der Waals surface area contributed by atoms with E-state index in [1.165, 1.54) is 0 Å². The predicted octanol–water partition coefficient (Wildman–Crippen LogP) is 2.82. The summed E-state index contributed by atoms with van der Waals surface area (Å²) in [5.74, 6) is 0.803. The van der Waals surface area contributed by atoms with E-state index in [1.807, 2.05) is 24.3 Å². The Balaban J connectivity index is 2.09. The molecule has 4 rings (SSSR count). The van der Waals surface area contributed by atoms with Crippen molar-refractivity contribution in [3.63, 3.8) is 0 Å². The minimum absolute atomic E-state index is 0.0900. The SMILES string of the molecule is O=c1c2c(oc3ccccc13)O[C@@H]1CC[C@H]2C1. The van der Waals surface area contributed by atoms with Gasteiger partial charge in [0.25, 0.3) is 5.95 Å². The molecule has 3 nitrogen and oxygen atoms in total. The molecule has 0 unspecified atom stereocenters. The summed E-state index contributed by atoms with van der Waals surface area (Å²) < 4.78 is 11.5. The summed E-state index contributed by atoms with van der Waals surface area (Å²) in [7, 11) is 0. The molecule has 1 saturated carbocycles. The molecule has 1 aromatic carbocycles. The Kier molecular flexibility index (Phi) is 1.71. The van der Waals surface area contributed by atoms with Crippen molar-refractivity contribution in [1.82, 2.24) is 0 Å². The molecule has 2 aromatic rings. The number of para-hydroxylation sites is 1. The molecule has 1 fully saturated rings. The molecule has 1 aromatic heterocycles. The first-order valence-corrected chi connectivity index (χ1v) is 6.05. The normalized spacial score (nSPS) is 25.6. The van der Waals surface area contributed by atoms with E-state index in [0.29, 0.717) is 22.8 Å². The van der Waals surface area contributed by atoms with Crippen LogP contribution in [-0.2, 0) is 0 Å². The maximum Gasteiger partial charge on any atom is 0.292 e. The van der Waals surface area contributed by atoms with Crippen LogP contribution in [0.3, 0.4) is 0 Å². The molecule has 0 radical (unpaired) electrons. The van der Waals surface area contributed by atoms with Gasteiger partial charge in [-0.25, -0.2) is 0 Å². The molecule has 0 amide bonds. The minimum Gasteiger partial charge on any atom is -0.462 e. The molecule has 3 heteroatoms. The highest BCUT2D eigenvalue weighted by Crippen LogP contribution is 2.44. The standard InChI is InChI=1S/C14H12O3/c15-13-10-3-1-2-4-11(10)17-14-12(13)8-5-6-9(7-8)16-14/h1-4,8-9H,5-7H2/t8-,9+/m0/s1. The van der Waals surface area contributed by atoms with Gasteiger partial charge >= 0.3 is 0 Å². The van der Waals surface area contributed by atoms with Crippen LogP contribution in [0.25, 0.3) is 11.0 Å². The fraction of sp³-hybridized carbons (Fsp3) is 0.357. The third-order valence-corrected chi connectivity index (χ3v) is 3.87. The number of ether oxygens (including phenoxy) is 1. The topological polar surface area (TPSA) is 39.4 Å². The molecule has 17 heavy (non-hydrogen) atoms. The van der Waals surface area contributed by atoms with Gasteiger partial charge in [-0.15, -0.1) is 0 Å². The second-order valence-electron chi connectivity index (χ2n) is 4.88. The first-order chi connectivity index (χ1) is 8.33. The Labute approximate surface area is 98.0 Å². The van der Waals surface area contributed by atoms with E-state index in [4.69, 9.17) is 9.15 Å². The molecule has 2 bridgehead atoms. The average Bonchev–Trinajstić information content (AvgIpc) is 2.71. The zero-order chi connectivity index (χ0) is 11.4. The van der Waals surface area contributed by atoms with E-state index in [1.54, 1.807) is 0 Å². The van der Waals surface area contributed by atoms with Gasteiger partial charge in [0.2, 0.25) is 0 Å². The molecule has 0 spiro atoms. The molecular formula is C14H12O3. The van der Waals surface area contributed by atoms with Crippen LogP contribution in [-0.4, -0.2) is 6.10 Å². The molecule has 86 valence electrons. The van der Waals surface area contributed by atoms with Gasteiger partial charge in [-0.3, -0.25) is 4.79 Å². The van der Waals surface area contributed by atoms with Crippen LogP contribution in [0.1, 0.15) is 30.7 Å². The van der Waals surface area contributed by atoms with E-state index in [9.17, 15) is 4.79 Å². The Bertz CT molecular complexity index is 656. The molecule has 2 atom stereocenters. The van der Waals surface area contributed by atoms with Crippen molar-refractivity contribution in [3.05, 3.63) is 40.1 Å². The van der Waals surface area contributed by atoms with Crippen molar-refractivity contribution in [3.8, 4) is 5.95 Å². The fourth-order valence-electron chi connectivity index (χ4n) is 3.04. The fourth-order valence-corrected chi connectivity index (χ4v) is 3.04. The maximum atomic E-state index is 12.4. The summed E-state index contributed by atoms with van der Waals surface area (Å²) in [4.78, 5) is 12.4. The number of hydrogen-bond acceptors (Lipinski definition) is 3. The molecule has 1 aliphatic carbocycles. The van der Waals surface area contributed by atoms with E-state index >= 15 is 0 Å². The lowest BCUT2D eigenvalue weighted by Gasteiger charge is -2.21. The molecule has 0 N–H and O–H groups in total. The van der Waals surface area contributed by atoms with E-state index in [2.05, 4.69) is 0 Å². The van der Waals surface area contributed by atoms with Crippen LogP contribution in [0.2, 0.25) is 0 Å². The highest BCUT2D eigenvalue weighted by Gasteiger charge is 2.38. The van der Waals surface area contributed by atoms with E-state index < -0.39 is 0 Å². The Morgan fingerprint density at radius 1 is 1.18 bits per heavy atom. The zero-order valence-corrected chi connectivity index (χ0v) is 9.31. The van der Waals surface area contributed by atoms with E-state index in [0.717, 1.165) is 24.8 Å². The second-order valence-corrected chi connectivity index (χ2v) is 4.88. The van der Waals surface area contributed by atoms with Crippen molar-refractivity contribution in [1.29, 1.82) is 0 Å². The first-order valence-electron chi connectivity index (χ1n) is 6.05. The summed E-state index contributed by atoms with van der Waals surface area (Å²) in [5.41, 5.74) is 1.47. The van der Waals surface area contributed by atoms with Crippen molar-refractivity contribution in [2.45, 2.75) is 31.3 Å². The zero-order valence-electron chi connectivity index (χ0n) is 9.31. The first kappa shape index (κ1) is 9.28. The maximum absolute atomic E-state index is 12.4. The lowest BCUT2D eigenvalue weighted by Crippen LogP contribution is -2.23. The largest absolute Gasteiger partial charge is 0.462 e. The van der Waals surface area contributed by atoms with Crippen molar-refractivity contribution in [2.24, 2.45) is 0 Å². The number of benzene rings is 1. The average molecular weight is 228 g/mol. The number of hydrogen-bond donors (Lipinski definition) is 0. The molecular weight excluding hydrogens is 216 g/mol. The van der Waals surface area contributed by atoms with Gasteiger partial charge in [0.1, 0.15) is 11.7 Å². The Morgan fingerprint density at radius 2 is 2.06 bits per heavy atom. The van der Waals surface area contributed by atoms with Gasteiger partial charge in [0.15, 0.2) is 5.43 Å². The molecule has 0 saturated heterocycles. The predicted molar refractivity (Wildman–Crippen MR) is 63.5 cm³/mol. The van der Waals surface area contributed by atoms with Gasteiger partial charge < -0.3 is 9.15 Å². The van der Waals surface area contributed by atoms with Crippen LogP contribution in [0, 0.1) is 0 Å². The lowest BCUT2D eigenvalue weighted by atomic mass is 9.96. The molecule has 2 heterocycles. The summed E-state index contributed by atoms with van der Waals surface area (Å²) in [6.07, 6.45) is 3.29. The summed E-state index contributed by atoms with van der Waals surface area (Å²) in [5, 5.41) is 0.667.